The maximum Gasteiger partial charge on any atom is 0.264 e. The molecule has 11 heteroatoms. The van der Waals surface area contributed by atoms with Gasteiger partial charge in [-0.25, -0.2) is 8.42 Å². The fourth-order valence-electron chi connectivity index (χ4n) is 5.23. The molecule has 2 amide bonds. The van der Waals surface area contributed by atoms with Gasteiger partial charge >= 0.3 is 0 Å². The first kappa shape index (κ1) is 33.6. The molecule has 1 saturated carbocycles. The van der Waals surface area contributed by atoms with Crippen molar-refractivity contribution in [1.29, 1.82) is 0 Å². The van der Waals surface area contributed by atoms with Crippen LogP contribution in [0.4, 0.5) is 5.69 Å². The molecule has 0 spiro atoms. The van der Waals surface area contributed by atoms with Crippen LogP contribution in [0.2, 0.25) is 10.0 Å². The molecule has 0 heterocycles. The average molecular weight is 661 g/mol. The number of hydrogen-bond donors (Lipinski definition) is 1. The number of sulfonamides is 1. The summed E-state index contributed by atoms with van der Waals surface area (Å²) >= 11 is 12.4. The van der Waals surface area contributed by atoms with Gasteiger partial charge in [0.15, 0.2) is 0 Å². The molecule has 0 radical (unpaired) electrons. The van der Waals surface area contributed by atoms with E-state index in [1.54, 1.807) is 61.5 Å². The fourth-order valence-corrected chi connectivity index (χ4v) is 6.96. The standard InChI is InChI=1S/C33H39Cl2N3O5S/c1-4-43-28-15-13-27(14-16-28)38(44(41,42)29-17-10-23(2)11-18-29)22-32(39)37(21-25-12-19-30(34)31(35)20-25)24(3)33(40)36-26-8-6-5-7-9-26/h10-20,24,26H,4-9,21-22H2,1-3H3,(H,36,40)/t24-/m0/s1. The number of ether oxygens (including phenoxy) is 1. The van der Waals surface area contributed by atoms with Gasteiger partial charge < -0.3 is 15.0 Å². The number of carbonyl (C=O) groups is 2. The van der Waals surface area contributed by atoms with Gasteiger partial charge in [0.25, 0.3) is 10.0 Å². The van der Waals surface area contributed by atoms with Gasteiger partial charge in [0.05, 0.1) is 27.2 Å². The summed E-state index contributed by atoms with van der Waals surface area (Å²) in [7, 11) is -4.17. The quantitative estimate of drug-likeness (QED) is 0.232. The summed E-state index contributed by atoms with van der Waals surface area (Å²) in [5, 5.41) is 3.78. The molecular formula is C33H39Cl2N3O5S. The van der Waals surface area contributed by atoms with Crippen molar-refractivity contribution in [3.63, 3.8) is 0 Å². The van der Waals surface area contributed by atoms with Crippen LogP contribution in [0.25, 0.3) is 0 Å². The second-order valence-corrected chi connectivity index (χ2v) is 13.7. The SMILES string of the molecule is CCOc1ccc(N(CC(=O)N(Cc2ccc(Cl)c(Cl)c2)[C@@H](C)C(=O)NC2CCCCC2)S(=O)(=O)c2ccc(C)cc2)cc1. The van der Waals surface area contributed by atoms with E-state index in [-0.39, 0.29) is 29.1 Å². The second-order valence-electron chi connectivity index (χ2n) is 11.0. The van der Waals surface area contributed by atoms with E-state index in [9.17, 15) is 18.0 Å². The van der Waals surface area contributed by atoms with Crippen LogP contribution in [0.15, 0.2) is 71.6 Å². The molecule has 0 aromatic heterocycles. The van der Waals surface area contributed by atoms with Gasteiger partial charge in [-0.05, 0) is 87.7 Å². The molecule has 3 aromatic carbocycles. The number of nitrogens with zero attached hydrogens (tertiary/aromatic N) is 2. The summed E-state index contributed by atoms with van der Waals surface area (Å²) in [6.45, 7) is 5.32. The van der Waals surface area contributed by atoms with E-state index in [4.69, 9.17) is 27.9 Å². The number of aryl methyl sites for hydroxylation is 1. The Morgan fingerprint density at radius 2 is 1.61 bits per heavy atom. The molecule has 3 aromatic rings. The Labute approximate surface area is 270 Å². The molecule has 0 bridgehead atoms. The summed E-state index contributed by atoms with van der Waals surface area (Å²) in [5.74, 6) is -0.268. The van der Waals surface area contributed by atoms with Crippen LogP contribution in [0, 0.1) is 6.92 Å². The number of carbonyl (C=O) groups excluding carboxylic acids is 2. The lowest BCUT2D eigenvalue weighted by Gasteiger charge is -2.33. The molecule has 0 saturated heterocycles. The predicted octanol–water partition coefficient (Wildman–Crippen LogP) is 6.76. The molecule has 1 aliphatic rings. The van der Waals surface area contributed by atoms with E-state index in [0.29, 0.717) is 28.0 Å². The fraction of sp³-hybridized carbons (Fsp3) is 0.394. The molecular weight excluding hydrogens is 621 g/mol. The minimum atomic E-state index is -4.17. The summed E-state index contributed by atoms with van der Waals surface area (Å²) < 4.78 is 34.7. The van der Waals surface area contributed by atoms with Crippen LogP contribution < -0.4 is 14.4 Å². The highest BCUT2D eigenvalue weighted by Gasteiger charge is 2.33. The highest BCUT2D eigenvalue weighted by molar-refractivity contribution is 7.92. The van der Waals surface area contributed by atoms with Crippen LogP contribution in [0.5, 0.6) is 5.75 Å². The first-order chi connectivity index (χ1) is 21.0. The van der Waals surface area contributed by atoms with Crippen LogP contribution in [0.3, 0.4) is 0 Å². The third-order valence-corrected chi connectivity index (χ3v) is 10.3. The Morgan fingerprint density at radius 3 is 2.23 bits per heavy atom. The van der Waals surface area contributed by atoms with Crippen molar-refractivity contribution in [2.75, 3.05) is 17.5 Å². The molecule has 0 unspecified atom stereocenters. The first-order valence-electron chi connectivity index (χ1n) is 14.9. The van der Waals surface area contributed by atoms with Crippen molar-refractivity contribution in [2.24, 2.45) is 0 Å². The molecule has 1 N–H and O–H groups in total. The highest BCUT2D eigenvalue weighted by Crippen LogP contribution is 2.28. The van der Waals surface area contributed by atoms with E-state index in [2.05, 4.69) is 5.32 Å². The van der Waals surface area contributed by atoms with Gasteiger partial charge in [0.1, 0.15) is 18.3 Å². The van der Waals surface area contributed by atoms with E-state index < -0.39 is 28.5 Å². The van der Waals surface area contributed by atoms with Gasteiger partial charge in [-0.1, -0.05) is 66.2 Å². The maximum atomic E-state index is 14.2. The lowest BCUT2D eigenvalue weighted by atomic mass is 9.95. The zero-order chi connectivity index (χ0) is 31.9. The van der Waals surface area contributed by atoms with Crippen molar-refractivity contribution in [3.8, 4) is 5.75 Å². The highest BCUT2D eigenvalue weighted by atomic mass is 35.5. The predicted molar refractivity (Wildman–Crippen MR) is 175 cm³/mol. The van der Waals surface area contributed by atoms with Crippen LogP contribution >= 0.6 is 23.2 Å². The normalized spacial score (nSPS) is 14.5. The largest absolute Gasteiger partial charge is 0.494 e. The zero-order valence-corrected chi connectivity index (χ0v) is 27.6. The number of anilines is 1. The van der Waals surface area contributed by atoms with Gasteiger partial charge in [-0.3, -0.25) is 13.9 Å². The van der Waals surface area contributed by atoms with Gasteiger partial charge in [0.2, 0.25) is 11.8 Å². The van der Waals surface area contributed by atoms with E-state index in [1.807, 2.05) is 13.8 Å². The van der Waals surface area contributed by atoms with Crippen molar-refractivity contribution < 1.29 is 22.7 Å². The minimum Gasteiger partial charge on any atom is -0.494 e. The Bertz CT molecular complexity index is 1540. The number of amides is 2. The number of rotatable bonds is 12. The number of hydrogen-bond acceptors (Lipinski definition) is 5. The molecule has 0 aliphatic heterocycles. The van der Waals surface area contributed by atoms with E-state index in [0.717, 1.165) is 42.0 Å². The topological polar surface area (TPSA) is 96.0 Å². The number of benzene rings is 3. The monoisotopic (exact) mass is 659 g/mol. The second kappa shape index (κ2) is 15.1. The van der Waals surface area contributed by atoms with E-state index >= 15 is 0 Å². The molecule has 4 rings (SSSR count). The Balaban J connectivity index is 1.69. The van der Waals surface area contributed by atoms with Crippen molar-refractivity contribution in [1.82, 2.24) is 10.2 Å². The van der Waals surface area contributed by atoms with Crippen molar-refractivity contribution in [3.05, 3.63) is 87.9 Å². The van der Waals surface area contributed by atoms with Crippen LogP contribution in [-0.4, -0.2) is 50.4 Å². The Hall–Kier alpha value is -3.27. The smallest absolute Gasteiger partial charge is 0.264 e. The lowest BCUT2D eigenvalue weighted by Crippen LogP contribution is -2.53. The third-order valence-electron chi connectivity index (χ3n) is 7.78. The lowest BCUT2D eigenvalue weighted by molar-refractivity contribution is -0.139. The molecule has 1 atom stereocenters. The molecule has 8 nitrogen and oxygen atoms in total. The van der Waals surface area contributed by atoms with Gasteiger partial charge in [0, 0.05) is 12.6 Å². The zero-order valence-electron chi connectivity index (χ0n) is 25.3. The number of nitrogens with one attached hydrogen (secondary N) is 1. The van der Waals surface area contributed by atoms with E-state index in [1.165, 1.54) is 17.0 Å². The van der Waals surface area contributed by atoms with Crippen LogP contribution in [0.1, 0.15) is 57.1 Å². The molecule has 1 fully saturated rings. The summed E-state index contributed by atoms with van der Waals surface area (Å²) in [4.78, 5) is 29.1. The van der Waals surface area contributed by atoms with Crippen molar-refractivity contribution >= 4 is 50.7 Å². The van der Waals surface area contributed by atoms with Gasteiger partial charge in [-0.15, -0.1) is 0 Å². The minimum absolute atomic E-state index is 0.0245. The van der Waals surface area contributed by atoms with Crippen LogP contribution in [-0.2, 0) is 26.2 Å². The Kier molecular flexibility index (Phi) is 11.6. The number of halogens is 2. The molecule has 236 valence electrons. The first-order valence-corrected chi connectivity index (χ1v) is 17.0. The summed E-state index contributed by atoms with van der Waals surface area (Å²) in [6.07, 6.45) is 5.00. The Morgan fingerprint density at radius 1 is 0.955 bits per heavy atom. The summed E-state index contributed by atoms with van der Waals surface area (Å²) in [5.41, 5.74) is 1.84. The maximum absolute atomic E-state index is 14.2. The average Bonchev–Trinajstić information content (AvgIpc) is 3.01. The summed E-state index contributed by atoms with van der Waals surface area (Å²) in [6, 6.07) is 17.1. The van der Waals surface area contributed by atoms with Crippen molar-refractivity contribution in [2.45, 2.75) is 76.4 Å². The molecule has 1 aliphatic carbocycles. The van der Waals surface area contributed by atoms with Gasteiger partial charge in [-0.2, -0.15) is 0 Å². The third kappa shape index (κ3) is 8.46. The molecule has 44 heavy (non-hydrogen) atoms.